The van der Waals surface area contributed by atoms with E-state index in [0.717, 1.165) is 11.1 Å². The Hall–Kier alpha value is -3.07. The highest BCUT2D eigenvalue weighted by Crippen LogP contribution is 2.27. The molecule has 1 aliphatic rings. The molecule has 1 heterocycles. The van der Waals surface area contributed by atoms with Crippen LogP contribution in [0.15, 0.2) is 91.0 Å². The summed E-state index contributed by atoms with van der Waals surface area (Å²) in [4.78, 5) is 12.7. The van der Waals surface area contributed by atoms with Crippen LogP contribution < -0.4 is 0 Å². The van der Waals surface area contributed by atoms with E-state index in [1.807, 2.05) is 60.7 Å². The standard InChI is InChI=1S/C27H28O7/c28-23-25(34-26(29)21-14-8-3-9-15-21)24(32-17-20-12-6-2-7-13-20)22(33-27(23)30)18-31-16-19-10-4-1-5-11-19/h1-15,22-25,27-28,30H,16-18H2. The Morgan fingerprint density at radius 3 is 1.94 bits per heavy atom. The van der Waals surface area contributed by atoms with Crippen molar-refractivity contribution in [3.63, 3.8) is 0 Å². The molecule has 1 saturated heterocycles. The minimum atomic E-state index is -1.56. The zero-order chi connectivity index (χ0) is 23.8. The van der Waals surface area contributed by atoms with Crippen LogP contribution in [0, 0.1) is 0 Å². The molecule has 0 amide bonds. The first-order valence-electron chi connectivity index (χ1n) is 11.2. The van der Waals surface area contributed by atoms with Gasteiger partial charge in [0.15, 0.2) is 12.4 Å². The summed E-state index contributed by atoms with van der Waals surface area (Å²) in [6.07, 6.45) is -5.86. The minimum Gasteiger partial charge on any atom is -0.453 e. The van der Waals surface area contributed by atoms with Crippen LogP contribution >= 0.6 is 0 Å². The molecule has 0 saturated carbocycles. The largest absolute Gasteiger partial charge is 0.453 e. The molecule has 3 aromatic carbocycles. The number of carbonyl (C=O) groups is 1. The summed E-state index contributed by atoms with van der Waals surface area (Å²) in [5.74, 6) is -0.629. The van der Waals surface area contributed by atoms with Crippen LogP contribution in [0.4, 0.5) is 0 Å². The van der Waals surface area contributed by atoms with Gasteiger partial charge in [-0.15, -0.1) is 0 Å². The van der Waals surface area contributed by atoms with E-state index >= 15 is 0 Å². The molecule has 5 atom stereocenters. The maximum atomic E-state index is 12.7. The summed E-state index contributed by atoms with van der Waals surface area (Å²) in [7, 11) is 0. The first-order valence-corrected chi connectivity index (χ1v) is 11.2. The van der Waals surface area contributed by atoms with Crippen molar-refractivity contribution in [2.24, 2.45) is 0 Å². The van der Waals surface area contributed by atoms with Gasteiger partial charge in [-0.1, -0.05) is 78.9 Å². The number of hydrogen-bond acceptors (Lipinski definition) is 7. The van der Waals surface area contributed by atoms with Crippen molar-refractivity contribution in [1.82, 2.24) is 0 Å². The van der Waals surface area contributed by atoms with E-state index in [4.69, 9.17) is 18.9 Å². The van der Waals surface area contributed by atoms with E-state index in [1.54, 1.807) is 30.3 Å². The van der Waals surface area contributed by atoms with Crippen LogP contribution in [0.25, 0.3) is 0 Å². The molecule has 1 fully saturated rings. The molecule has 1 aliphatic heterocycles. The maximum absolute atomic E-state index is 12.7. The number of ether oxygens (including phenoxy) is 4. The van der Waals surface area contributed by atoms with Crippen LogP contribution in [-0.4, -0.2) is 53.5 Å². The minimum absolute atomic E-state index is 0.0670. The summed E-state index contributed by atoms with van der Waals surface area (Å²) >= 11 is 0. The first kappa shape index (κ1) is 24.1. The molecule has 178 valence electrons. The van der Waals surface area contributed by atoms with Gasteiger partial charge < -0.3 is 29.2 Å². The molecule has 0 spiro atoms. The zero-order valence-electron chi connectivity index (χ0n) is 18.6. The van der Waals surface area contributed by atoms with Gasteiger partial charge in [-0.05, 0) is 23.3 Å². The lowest BCUT2D eigenvalue weighted by molar-refractivity contribution is -0.297. The Bertz CT molecular complexity index is 1010. The molecule has 0 bridgehead atoms. The van der Waals surface area contributed by atoms with E-state index in [1.165, 1.54) is 0 Å². The highest BCUT2D eigenvalue weighted by atomic mass is 16.7. The van der Waals surface area contributed by atoms with E-state index < -0.39 is 36.7 Å². The monoisotopic (exact) mass is 464 g/mol. The van der Waals surface area contributed by atoms with Crippen molar-refractivity contribution >= 4 is 5.97 Å². The quantitative estimate of drug-likeness (QED) is 0.470. The molecule has 34 heavy (non-hydrogen) atoms. The van der Waals surface area contributed by atoms with Crippen LogP contribution in [0.3, 0.4) is 0 Å². The molecule has 7 heteroatoms. The normalized spacial score (nSPS) is 24.5. The number of rotatable bonds is 9. The number of esters is 1. The van der Waals surface area contributed by atoms with Gasteiger partial charge in [-0.3, -0.25) is 0 Å². The highest BCUT2D eigenvalue weighted by Gasteiger charge is 2.48. The summed E-state index contributed by atoms with van der Waals surface area (Å²) in [6, 6.07) is 27.6. The number of benzene rings is 3. The third-order valence-corrected chi connectivity index (χ3v) is 5.56. The number of aliphatic hydroxyl groups is 2. The Balaban J connectivity index is 1.50. The van der Waals surface area contributed by atoms with Crippen molar-refractivity contribution < 1.29 is 34.0 Å². The SMILES string of the molecule is O=C(OC1C(O)C(O)OC(COCc2ccccc2)C1OCc1ccccc1)c1ccccc1. The lowest BCUT2D eigenvalue weighted by atomic mass is 9.98. The smallest absolute Gasteiger partial charge is 0.338 e. The van der Waals surface area contributed by atoms with Gasteiger partial charge in [0.2, 0.25) is 0 Å². The molecule has 0 aliphatic carbocycles. The van der Waals surface area contributed by atoms with Crippen molar-refractivity contribution in [2.45, 2.75) is 43.9 Å². The maximum Gasteiger partial charge on any atom is 0.338 e. The molecular weight excluding hydrogens is 436 g/mol. The molecule has 7 nitrogen and oxygen atoms in total. The predicted molar refractivity (Wildman–Crippen MR) is 124 cm³/mol. The van der Waals surface area contributed by atoms with Crippen molar-refractivity contribution in [3.8, 4) is 0 Å². The Morgan fingerprint density at radius 1 is 0.765 bits per heavy atom. The van der Waals surface area contributed by atoms with Crippen molar-refractivity contribution in [1.29, 1.82) is 0 Å². The molecule has 0 aromatic heterocycles. The predicted octanol–water partition coefficient (Wildman–Crippen LogP) is 3.09. The lowest BCUT2D eigenvalue weighted by Gasteiger charge is -2.42. The van der Waals surface area contributed by atoms with Crippen LogP contribution in [0.1, 0.15) is 21.5 Å². The number of aliphatic hydroxyl groups excluding tert-OH is 2. The second-order valence-electron chi connectivity index (χ2n) is 8.05. The van der Waals surface area contributed by atoms with Crippen LogP contribution in [0.5, 0.6) is 0 Å². The topological polar surface area (TPSA) is 94.5 Å². The molecule has 2 N–H and O–H groups in total. The van der Waals surface area contributed by atoms with Crippen molar-refractivity contribution in [3.05, 3.63) is 108 Å². The molecule has 4 rings (SSSR count). The van der Waals surface area contributed by atoms with Gasteiger partial charge in [-0.25, -0.2) is 4.79 Å². The van der Waals surface area contributed by atoms with Gasteiger partial charge in [0.05, 0.1) is 25.4 Å². The summed E-state index contributed by atoms with van der Waals surface area (Å²) in [5, 5.41) is 21.0. The molecular formula is C27H28O7. The number of hydrogen-bond donors (Lipinski definition) is 2. The van der Waals surface area contributed by atoms with Crippen LogP contribution in [-0.2, 0) is 32.2 Å². The second-order valence-corrected chi connectivity index (χ2v) is 8.05. The molecule has 0 radical (unpaired) electrons. The van der Waals surface area contributed by atoms with E-state index in [9.17, 15) is 15.0 Å². The van der Waals surface area contributed by atoms with E-state index in [2.05, 4.69) is 0 Å². The average Bonchev–Trinajstić information content (AvgIpc) is 2.88. The fourth-order valence-electron chi connectivity index (χ4n) is 3.78. The van der Waals surface area contributed by atoms with Gasteiger partial charge in [0.25, 0.3) is 0 Å². The Kier molecular flexibility index (Phi) is 8.41. The van der Waals surface area contributed by atoms with Gasteiger partial charge in [0, 0.05) is 0 Å². The Labute approximate surface area is 198 Å². The Morgan fingerprint density at radius 2 is 1.32 bits per heavy atom. The van der Waals surface area contributed by atoms with E-state index in [-0.39, 0.29) is 13.2 Å². The second kappa shape index (κ2) is 11.9. The summed E-state index contributed by atoms with van der Waals surface area (Å²) in [6.45, 7) is 0.600. The third-order valence-electron chi connectivity index (χ3n) is 5.56. The van der Waals surface area contributed by atoms with Crippen LogP contribution in [0.2, 0.25) is 0 Å². The van der Waals surface area contributed by atoms with Gasteiger partial charge >= 0.3 is 5.97 Å². The highest BCUT2D eigenvalue weighted by molar-refractivity contribution is 5.89. The van der Waals surface area contributed by atoms with Gasteiger partial charge in [0.1, 0.15) is 18.3 Å². The third kappa shape index (κ3) is 6.28. The number of carbonyl (C=O) groups excluding carboxylic acids is 1. The first-order chi connectivity index (χ1) is 16.6. The zero-order valence-corrected chi connectivity index (χ0v) is 18.6. The molecule has 5 unspecified atom stereocenters. The van der Waals surface area contributed by atoms with E-state index in [0.29, 0.717) is 12.2 Å². The fourth-order valence-corrected chi connectivity index (χ4v) is 3.78. The summed E-state index contributed by atoms with van der Waals surface area (Å²) in [5.41, 5.74) is 2.21. The molecule has 3 aromatic rings. The van der Waals surface area contributed by atoms with Crippen molar-refractivity contribution in [2.75, 3.05) is 6.61 Å². The van der Waals surface area contributed by atoms with Gasteiger partial charge in [-0.2, -0.15) is 0 Å². The fraction of sp³-hybridized carbons (Fsp3) is 0.296. The lowest BCUT2D eigenvalue weighted by Crippen LogP contribution is -2.60. The summed E-state index contributed by atoms with van der Waals surface area (Å²) < 4.78 is 23.2. The average molecular weight is 465 g/mol.